The van der Waals surface area contributed by atoms with Crippen LogP contribution in [0, 0.1) is 11.8 Å². The van der Waals surface area contributed by atoms with Crippen LogP contribution in [0.1, 0.15) is 30.9 Å². The first kappa shape index (κ1) is 15.8. The number of aliphatic hydroxyl groups excluding tert-OH is 1. The molecule has 0 atom stereocenters. The quantitative estimate of drug-likeness (QED) is 0.825. The molecule has 1 saturated heterocycles. The van der Waals surface area contributed by atoms with Crippen LogP contribution in [-0.2, 0) is 16.6 Å². The molecule has 2 N–H and O–H groups in total. The van der Waals surface area contributed by atoms with E-state index in [9.17, 15) is 8.42 Å². The summed E-state index contributed by atoms with van der Waals surface area (Å²) in [5.41, 5.74) is 2.26. The Morgan fingerprint density at radius 3 is 2.67 bits per heavy atom. The molecule has 0 aromatic heterocycles. The Kier molecular flexibility index (Phi) is 5.23. The summed E-state index contributed by atoms with van der Waals surface area (Å²) in [5.74, 6) is 5.41. The maximum atomic E-state index is 12.3. The summed E-state index contributed by atoms with van der Waals surface area (Å²) in [6, 6.07) is 5.34. The second kappa shape index (κ2) is 6.94. The third kappa shape index (κ3) is 3.97. The molecule has 1 aromatic carbocycles. The van der Waals surface area contributed by atoms with E-state index in [0.29, 0.717) is 25.2 Å². The van der Waals surface area contributed by atoms with Crippen molar-refractivity contribution in [3.8, 4) is 11.8 Å². The molecule has 2 rings (SSSR count). The SMILES string of the molecule is CCc1cc(C#CCO)ccc1NS(=O)(=O)N1CCCC1. The zero-order valence-corrected chi connectivity index (χ0v) is 12.9. The molecule has 0 spiro atoms. The molecule has 1 fully saturated rings. The number of nitrogens with one attached hydrogen (secondary N) is 1. The van der Waals surface area contributed by atoms with Crippen LogP contribution in [0.15, 0.2) is 18.2 Å². The zero-order chi connectivity index (χ0) is 15.3. The molecular weight excluding hydrogens is 288 g/mol. The normalized spacial score (nSPS) is 15.5. The molecule has 1 aliphatic rings. The summed E-state index contributed by atoms with van der Waals surface area (Å²) in [7, 11) is -3.47. The lowest BCUT2D eigenvalue weighted by atomic mass is 10.1. The average molecular weight is 308 g/mol. The fourth-order valence-corrected chi connectivity index (χ4v) is 3.68. The lowest BCUT2D eigenvalue weighted by Crippen LogP contribution is -2.33. The van der Waals surface area contributed by atoms with Gasteiger partial charge in [0, 0.05) is 18.7 Å². The Balaban J connectivity index is 2.23. The Hall–Kier alpha value is -1.55. The van der Waals surface area contributed by atoms with Crippen molar-refractivity contribution in [2.75, 3.05) is 24.4 Å². The summed E-state index contributed by atoms with van der Waals surface area (Å²) in [6.07, 6.45) is 2.53. The van der Waals surface area contributed by atoms with E-state index in [1.54, 1.807) is 12.1 Å². The van der Waals surface area contributed by atoms with Crippen LogP contribution >= 0.6 is 0 Å². The Morgan fingerprint density at radius 2 is 2.05 bits per heavy atom. The molecular formula is C15H20N2O3S. The number of hydrogen-bond donors (Lipinski definition) is 2. The molecule has 21 heavy (non-hydrogen) atoms. The van der Waals surface area contributed by atoms with Gasteiger partial charge in [0.05, 0.1) is 5.69 Å². The highest BCUT2D eigenvalue weighted by Gasteiger charge is 2.25. The van der Waals surface area contributed by atoms with Crippen molar-refractivity contribution in [2.45, 2.75) is 26.2 Å². The fraction of sp³-hybridized carbons (Fsp3) is 0.467. The second-order valence-electron chi connectivity index (χ2n) is 4.90. The van der Waals surface area contributed by atoms with Crippen LogP contribution in [0.25, 0.3) is 0 Å². The van der Waals surface area contributed by atoms with E-state index in [4.69, 9.17) is 5.11 Å². The monoisotopic (exact) mass is 308 g/mol. The molecule has 1 heterocycles. The van der Waals surface area contributed by atoms with Gasteiger partial charge in [-0.15, -0.1) is 0 Å². The van der Waals surface area contributed by atoms with Gasteiger partial charge in [-0.25, -0.2) is 0 Å². The molecule has 0 saturated carbocycles. The van der Waals surface area contributed by atoms with Crippen molar-refractivity contribution < 1.29 is 13.5 Å². The maximum absolute atomic E-state index is 12.3. The number of nitrogens with zero attached hydrogens (tertiary/aromatic N) is 1. The minimum Gasteiger partial charge on any atom is -0.384 e. The van der Waals surface area contributed by atoms with Gasteiger partial charge in [0.25, 0.3) is 0 Å². The minimum absolute atomic E-state index is 0.190. The summed E-state index contributed by atoms with van der Waals surface area (Å²) < 4.78 is 28.7. The highest BCUT2D eigenvalue weighted by Crippen LogP contribution is 2.22. The van der Waals surface area contributed by atoms with Gasteiger partial charge in [-0.2, -0.15) is 12.7 Å². The number of anilines is 1. The van der Waals surface area contributed by atoms with Crippen molar-refractivity contribution in [1.29, 1.82) is 0 Å². The molecule has 0 amide bonds. The first-order chi connectivity index (χ1) is 10.1. The predicted molar refractivity (Wildman–Crippen MR) is 83.1 cm³/mol. The third-order valence-corrected chi connectivity index (χ3v) is 4.96. The van der Waals surface area contributed by atoms with Gasteiger partial charge in [0.1, 0.15) is 6.61 Å². The molecule has 6 heteroatoms. The van der Waals surface area contributed by atoms with Gasteiger partial charge in [0.15, 0.2) is 0 Å². The van der Waals surface area contributed by atoms with Gasteiger partial charge < -0.3 is 5.11 Å². The van der Waals surface area contributed by atoms with Gasteiger partial charge >= 0.3 is 10.2 Å². The second-order valence-corrected chi connectivity index (χ2v) is 6.57. The minimum atomic E-state index is -3.47. The zero-order valence-electron chi connectivity index (χ0n) is 12.1. The van der Waals surface area contributed by atoms with Gasteiger partial charge in [-0.3, -0.25) is 4.72 Å². The Morgan fingerprint density at radius 1 is 1.33 bits per heavy atom. The van der Waals surface area contributed by atoms with E-state index in [2.05, 4.69) is 16.6 Å². The van der Waals surface area contributed by atoms with Crippen LogP contribution in [0.3, 0.4) is 0 Å². The van der Waals surface area contributed by atoms with Crippen molar-refractivity contribution in [1.82, 2.24) is 4.31 Å². The molecule has 1 aromatic rings. The summed E-state index contributed by atoms with van der Waals surface area (Å²) in [4.78, 5) is 0. The highest BCUT2D eigenvalue weighted by molar-refractivity contribution is 7.90. The van der Waals surface area contributed by atoms with E-state index < -0.39 is 10.2 Å². The molecule has 0 aliphatic carbocycles. The molecule has 0 unspecified atom stereocenters. The number of aliphatic hydroxyl groups is 1. The summed E-state index contributed by atoms with van der Waals surface area (Å²) in [5, 5.41) is 8.71. The van der Waals surface area contributed by atoms with Gasteiger partial charge in [-0.05, 0) is 43.0 Å². The largest absolute Gasteiger partial charge is 0.384 e. The van der Waals surface area contributed by atoms with E-state index in [1.165, 1.54) is 4.31 Å². The highest BCUT2D eigenvalue weighted by atomic mass is 32.2. The standard InChI is InChI=1S/C15H20N2O3S/c1-2-14-12-13(6-5-11-18)7-8-15(14)16-21(19,20)17-9-3-4-10-17/h7-8,12,16,18H,2-4,9-11H2,1H3. The molecule has 0 bridgehead atoms. The lowest BCUT2D eigenvalue weighted by Gasteiger charge is -2.18. The number of rotatable bonds is 4. The van der Waals surface area contributed by atoms with Crippen molar-refractivity contribution >= 4 is 15.9 Å². The lowest BCUT2D eigenvalue weighted by molar-refractivity contribution is 0.350. The van der Waals surface area contributed by atoms with Crippen LogP contribution in [0.5, 0.6) is 0 Å². The molecule has 1 aliphatic heterocycles. The van der Waals surface area contributed by atoms with Crippen LogP contribution in [0.2, 0.25) is 0 Å². The van der Waals surface area contributed by atoms with E-state index >= 15 is 0 Å². The third-order valence-electron chi connectivity index (χ3n) is 3.44. The number of aryl methyl sites for hydroxylation is 1. The first-order valence-corrected chi connectivity index (χ1v) is 8.51. The summed E-state index contributed by atoms with van der Waals surface area (Å²) in [6.45, 7) is 2.94. The van der Waals surface area contributed by atoms with Gasteiger partial charge in [-0.1, -0.05) is 18.8 Å². The first-order valence-electron chi connectivity index (χ1n) is 7.07. The fourth-order valence-electron chi connectivity index (χ4n) is 2.34. The van der Waals surface area contributed by atoms with Crippen molar-refractivity contribution in [3.63, 3.8) is 0 Å². The summed E-state index contributed by atoms with van der Waals surface area (Å²) >= 11 is 0. The average Bonchev–Trinajstić information content (AvgIpc) is 3.01. The smallest absolute Gasteiger partial charge is 0.301 e. The Labute approximate surface area is 126 Å². The van der Waals surface area contributed by atoms with E-state index in [0.717, 1.165) is 24.0 Å². The van der Waals surface area contributed by atoms with E-state index in [1.807, 2.05) is 13.0 Å². The van der Waals surface area contributed by atoms with Crippen molar-refractivity contribution in [2.24, 2.45) is 0 Å². The van der Waals surface area contributed by atoms with Crippen LogP contribution in [0.4, 0.5) is 5.69 Å². The van der Waals surface area contributed by atoms with Crippen molar-refractivity contribution in [3.05, 3.63) is 29.3 Å². The predicted octanol–water partition coefficient (Wildman–Crippen LogP) is 1.35. The number of hydrogen-bond acceptors (Lipinski definition) is 3. The topological polar surface area (TPSA) is 69.6 Å². The molecule has 114 valence electrons. The number of benzene rings is 1. The van der Waals surface area contributed by atoms with Crippen LogP contribution < -0.4 is 4.72 Å². The van der Waals surface area contributed by atoms with Crippen LogP contribution in [-0.4, -0.2) is 37.5 Å². The molecule has 0 radical (unpaired) electrons. The maximum Gasteiger partial charge on any atom is 0.301 e. The molecule has 5 nitrogen and oxygen atoms in total. The van der Waals surface area contributed by atoms with E-state index in [-0.39, 0.29) is 6.61 Å². The van der Waals surface area contributed by atoms with Gasteiger partial charge in [0.2, 0.25) is 0 Å². The Bertz CT molecular complexity index is 653.